The summed E-state index contributed by atoms with van der Waals surface area (Å²) < 4.78 is 1.33. The fourth-order valence-corrected chi connectivity index (χ4v) is 4.89. The summed E-state index contributed by atoms with van der Waals surface area (Å²) in [6.45, 7) is 13.7. The molecule has 0 heterocycles. The Balaban J connectivity index is -0.000000125. The van der Waals surface area contributed by atoms with Crippen LogP contribution in [0.15, 0.2) is 30.3 Å². The normalized spacial score (nSPS) is 9.23. The fourth-order valence-electron chi connectivity index (χ4n) is 1.76. The molecule has 1 rings (SSSR count). The van der Waals surface area contributed by atoms with Crippen LogP contribution in [0.1, 0.15) is 41.5 Å². The number of benzene rings is 1. The Morgan fingerprint density at radius 3 is 0.962 bits per heavy atom. The van der Waals surface area contributed by atoms with Gasteiger partial charge in [0.15, 0.2) is 0 Å². The Bertz CT molecular complexity index is 306. The summed E-state index contributed by atoms with van der Waals surface area (Å²) in [4.78, 5) is 0. The number of hydrogen-bond donors (Lipinski definition) is 0. The topological polar surface area (TPSA) is 0 Å². The minimum absolute atomic E-state index is 0. The van der Waals surface area contributed by atoms with Gasteiger partial charge < -0.3 is 0 Å². The molecule has 0 N–H and O–H groups in total. The molecule has 0 nitrogen and oxygen atoms in total. The molecule has 1 aromatic carbocycles. The van der Waals surface area contributed by atoms with Crippen LogP contribution in [0.2, 0.25) is 17.3 Å². The Kier molecular flexibility index (Phi) is 40.0. The molecule has 0 bridgehead atoms. The second kappa shape index (κ2) is 29.3. The maximum absolute atomic E-state index is 2.33. The van der Waals surface area contributed by atoms with Crippen LogP contribution in [0.5, 0.6) is 0 Å². The van der Waals surface area contributed by atoms with E-state index in [1.165, 1.54) is 40.6 Å². The van der Waals surface area contributed by atoms with Crippen molar-refractivity contribution < 1.29 is 21.1 Å². The van der Waals surface area contributed by atoms with Crippen LogP contribution in [0.4, 0.5) is 0 Å². The van der Waals surface area contributed by atoms with E-state index in [1.807, 2.05) is 40.5 Å². The SMILES string of the molecule is CCP(CC)CC.CCP(CC)CC.[CH3][Ge]([CH3])[CH3].[Pt].[Te]c1ccccc1. The maximum atomic E-state index is 2.33. The first-order valence-electron chi connectivity index (χ1n) is 9.75. The van der Waals surface area contributed by atoms with Crippen LogP contribution in [0.25, 0.3) is 0 Å². The van der Waals surface area contributed by atoms with E-state index in [1.54, 1.807) is 0 Å². The van der Waals surface area contributed by atoms with Crippen molar-refractivity contribution in [1.82, 2.24) is 0 Å². The standard InChI is InChI=1S/2C6H15P.C6H5Te.C3H9Ge.Pt/c2*1-4-7(5-2)6-3;7-6-4-2-1-3-5-6;1-4(2)3;/h2*4-6H2,1-3H3;1-5H;1-3H3;. The molecule has 0 spiro atoms. The summed E-state index contributed by atoms with van der Waals surface area (Å²) >= 11 is 1.68. The molecule has 2 radical (unpaired) electrons. The third-order valence-electron chi connectivity index (χ3n) is 3.43. The zero-order valence-electron chi connectivity index (χ0n) is 18.7. The van der Waals surface area contributed by atoms with Crippen molar-refractivity contribution in [3.05, 3.63) is 30.3 Å². The molecule has 158 valence electrons. The summed E-state index contributed by atoms with van der Waals surface area (Å²) in [5.41, 5.74) is 0. The molecule has 0 aliphatic heterocycles. The second-order valence-electron chi connectivity index (χ2n) is 6.05. The van der Waals surface area contributed by atoms with Crippen molar-refractivity contribution in [2.24, 2.45) is 0 Å². The second-order valence-corrected chi connectivity index (χ2v) is 20.2. The van der Waals surface area contributed by atoms with E-state index in [9.17, 15) is 0 Å². The summed E-state index contributed by atoms with van der Waals surface area (Å²) in [5, 5.41) is 0. The quantitative estimate of drug-likeness (QED) is 0.219. The molecule has 0 unspecified atom stereocenters. The van der Waals surface area contributed by atoms with Gasteiger partial charge in [-0.1, -0.05) is 41.5 Å². The van der Waals surface area contributed by atoms with Gasteiger partial charge in [-0.05, 0) is 37.0 Å². The molecular weight excluding hydrogens is 709 g/mol. The number of hydrogen-bond acceptors (Lipinski definition) is 0. The van der Waals surface area contributed by atoms with Gasteiger partial charge in [0, 0.05) is 21.1 Å². The first-order valence-corrected chi connectivity index (χ1v) is 21.0. The van der Waals surface area contributed by atoms with Crippen molar-refractivity contribution in [3.63, 3.8) is 0 Å². The van der Waals surface area contributed by atoms with Crippen molar-refractivity contribution in [1.29, 1.82) is 0 Å². The molecule has 0 aliphatic rings. The van der Waals surface area contributed by atoms with E-state index >= 15 is 0 Å². The Labute approximate surface area is 201 Å². The van der Waals surface area contributed by atoms with E-state index in [0.29, 0.717) is 15.8 Å². The molecule has 0 saturated heterocycles. The van der Waals surface area contributed by atoms with Crippen LogP contribution < -0.4 is 3.61 Å². The van der Waals surface area contributed by atoms with Crippen molar-refractivity contribution in [2.45, 2.75) is 58.8 Å². The zero-order valence-corrected chi connectivity index (χ0v) is 27.2. The van der Waals surface area contributed by atoms with Crippen LogP contribution in [0.3, 0.4) is 0 Å². The van der Waals surface area contributed by atoms with E-state index in [0.717, 1.165) is 0 Å². The first-order chi connectivity index (χ1) is 11.8. The van der Waals surface area contributed by atoms with Gasteiger partial charge in [0.05, 0.1) is 0 Å². The molecule has 26 heavy (non-hydrogen) atoms. The Hall–Kier alpha value is 2.10. The molecule has 0 saturated carbocycles. The average Bonchev–Trinajstić information content (AvgIpc) is 2.59. The molecule has 5 heteroatoms. The molecule has 0 aliphatic carbocycles. The molecule has 0 aromatic heterocycles. The predicted molar refractivity (Wildman–Crippen MR) is 132 cm³/mol. The zero-order chi connectivity index (χ0) is 20.1. The molecule has 0 atom stereocenters. The Morgan fingerprint density at radius 1 is 0.654 bits per heavy atom. The van der Waals surface area contributed by atoms with Crippen LogP contribution in [-0.2, 0) is 21.1 Å². The van der Waals surface area contributed by atoms with Crippen LogP contribution in [-0.4, -0.2) is 73.6 Å². The monoisotopic (exact) mass is 757 g/mol. The van der Waals surface area contributed by atoms with Gasteiger partial charge in [-0.3, -0.25) is 0 Å². The third kappa shape index (κ3) is 33.7. The van der Waals surface area contributed by atoms with E-state index < -0.39 is 0 Å². The molecular formula is C21H44GeP2PtTe. The van der Waals surface area contributed by atoms with E-state index in [4.69, 9.17) is 0 Å². The summed E-state index contributed by atoms with van der Waals surface area (Å²) in [7, 11) is 0.892. The minimum atomic E-state index is -0.333. The van der Waals surface area contributed by atoms with E-state index in [-0.39, 0.29) is 35.4 Å². The van der Waals surface area contributed by atoms with Gasteiger partial charge in [0.25, 0.3) is 0 Å². The average molecular weight is 754 g/mol. The summed E-state index contributed by atoms with van der Waals surface area (Å²) in [5.74, 6) is 7.00. The van der Waals surface area contributed by atoms with Gasteiger partial charge in [0.2, 0.25) is 0 Å². The van der Waals surface area contributed by atoms with Gasteiger partial charge in [-0.25, -0.2) is 0 Å². The molecule has 0 fully saturated rings. The van der Waals surface area contributed by atoms with Crippen molar-refractivity contribution >= 4 is 56.1 Å². The van der Waals surface area contributed by atoms with Crippen LogP contribution in [0, 0.1) is 0 Å². The molecule has 1 aromatic rings. The predicted octanol–water partition coefficient (Wildman–Crippen LogP) is 6.90. The van der Waals surface area contributed by atoms with E-state index in [2.05, 4.69) is 70.9 Å². The summed E-state index contributed by atoms with van der Waals surface area (Å²) in [6.07, 6.45) is 8.51. The third-order valence-corrected chi connectivity index (χ3v) is 9.57. The van der Waals surface area contributed by atoms with Crippen molar-refractivity contribution in [3.8, 4) is 0 Å². The van der Waals surface area contributed by atoms with Gasteiger partial charge in [0.1, 0.15) is 0 Å². The van der Waals surface area contributed by atoms with Crippen molar-refractivity contribution in [2.75, 3.05) is 37.0 Å². The van der Waals surface area contributed by atoms with Gasteiger partial charge >= 0.3 is 87.9 Å². The van der Waals surface area contributed by atoms with Gasteiger partial charge in [-0.15, -0.1) is 15.8 Å². The fraction of sp³-hybridized carbons (Fsp3) is 0.714. The first kappa shape index (κ1) is 35.5. The van der Waals surface area contributed by atoms with Gasteiger partial charge in [-0.2, -0.15) is 0 Å². The molecule has 0 amide bonds. The van der Waals surface area contributed by atoms with Crippen LogP contribution >= 0.6 is 15.8 Å². The summed E-state index contributed by atoms with van der Waals surface area (Å²) in [6, 6.07) is 10.3. The Morgan fingerprint density at radius 2 is 0.885 bits per heavy atom. The number of rotatable bonds is 6.